The van der Waals surface area contributed by atoms with Gasteiger partial charge in [-0.1, -0.05) is 12.1 Å². The van der Waals surface area contributed by atoms with Gasteiger partial charge in [0, 0.05) is 30.3 Å². The van der Waals surface area contributed by atoms with Crippen molar-refractivity contribution in [3.05, 3.63) is 29.3 Å². The number of guanidine groups is 1. The second-order valence-corrected chi connectivity index (χ2v) is 9.07. The predicted molar refractivity (Wildman–Crippen MR) is 117 cm³/mol. The smallest absolute Gasteiger partial charge is 0.191 e. The van der Waals surface area contributed by atoms with Gasteiger partial charge in [-0.15, -0.1) is 24.0 Å². The maximum Gasteiger partial charge on any atom is 0.191 e. The zero-order chi connectivity index (χ0) is 18.5. The molecule has 1 aliphatic carbocycles. The van der Waals surface area contributed by atoms with Gasteiger partial charge in [-0.25, -0.2) is 13.4 Å². The van der Waals surface area contributed by atoms with E-state index in [4.69, 9.17) is 4.74 Å². The molecule has 0 unspecified atom stereocenters. The number of hydrogen-bond acceptors (Lipinski definition) is 4. The molecule has 8 heteroatoms. The first-order valence-electron chi connectivity index (χ1n) is 8.60. The maximum atomic E-state index is 11.6. The first-order valence-corrected chi connectivity index (χ1v) is 10.7. The lowest BCUT2D eigenvalue weighted by Gasteiger charge is -2.18. The number of aryl methyl sites for hydroxylation is 1. The third-order valence-electron chi connectivity index (χ3n) is 4.35. The highest BCUT2D eigenvalue weighted by atomic mass is 127. The van der Waals surface area contributed by atoms with Crippen molar-refractivity contribution in [1.82, 2.24) is 10.6 Å². The van der Waals surface area contributed by atoms with Gasteiger partial charge in [-0.3, -0.25) is 0 Å². The van der Waals surface area contributed by atoms with Crippen LogP contribution in [0.3, 0.4) is 0 Å². The molecular weight excluding hydrogens is 465 g/mol. The van der Waals surface area contributed by atoms with Crippen LogP contribution < -0.4 is 15.4 Å². The maximum absolute atomic E-state index is 11.6. The van der Waals surface area contributed by atoms with Gasteiger partial charge < -0.3 is 15.4 Å². The Morgan fingerprint density at radius 1 is 1.31 bits per heavy atom. The number of methoxy groups -OCH3 is 1. The molecule has 2 N–H and O–H groups in total. The topological polar surface area (TPSA) is 79.8 Å². The highest BCUT2D eigenvalue weighted by Gasteiger charge is 2.45. The lowest BCUT2D eigenvalue weighted by Crippen LogP contribution is -2.41. The fraction of sp³-hybridized carbons (Fsp3) is 0.611. The molecular formula is C18H30IN3O3S. The number of nitrogens with zero attached hydrogens (tertiary/aromatic N) is 1. The number of rotatable bonds is 8. The van der Waals surface area contributed by atoms with Crippen molar-refractivity contribution in [2.24, 2.45) is 10.4 Å². The van der Waals surface area contributed by atoms with Crippen LogP contribution >= 0.6 is 24.0 Å². The molecule has 1 aromatic rings. The van der Waals surface area contributed by atoms with Gasteiger partial charge >= 0.3 is 0 Å². The Morgan fingerprint density at radius 3 is 2.54 bits per heavy atom. The molecule has 0 aliphatic heterocycles. The minimum Gasteiger partial charge on any atom is -0.496 e. The minimum absolute atomic E-state index is 0. The summed E-state index contributed by atoms with van der Waals surface area (Å²) in [5.41, 5.74) is 2.03. The van der Waals surface area contributed by atoms with Crippen LogP contribution in [0.1, 0.15) is 30.9 Å². The van der Waals surface area contributed by atoms with Crippen LogP contribution in [0.5, 0.6) is 5.75 Å². The second-order valence-electron chi connectivity index (χ2n) is 6.93. The van der Waals surface area contributed by atoms with Gasteiger partial charge in [0.1, 0.15) is 15.6 Å². The third kappa shape index (κ3) is 7.30. The second kappa shape index (κ2) is 9.77. The van der Waals surface area contributed by atoms with E-state index >= 15 is 0 Å². The summed E-state index contributed by atoms with van der Waals surface area (Å²) in [4.78, 5) is 4.61. The summed E-state index contributed by atoms with van der Waals surface area (Å²) >= 11 is 0. The number of nitrogens with one attached hydrogen (secondary N) is 2. The van der Waals surface area contributed by atoms with Gasteiger partial charge in [0.2, 0.25) is 0 Å². The van der Waals surface area contributed by atoms with Crippen molar-refractivity contribution in [2.75, 3.05) is 32.2 Å². The van der Waals surface area contributed by atoms with Gasteiger partial charge in [0.05, 0.1) is 19.4 Å². The highest BCUT2D eigenvalue weighted by molar-refractivity contribution is 14.0. The van der Waals surface area contributed by atoms with Crippen LogP contribution in [0.2, 0.25) is 0 Å². The average Bonchev–Trinajstić information content (AvgIpc) is 3.28. The van der Waals surface area contributed by atoms with Gasteiger partial charge in [0.25, 0.3) is 0 Å². The SMILES string of the molecule is CCNC(=NCc1ccc(C)cc1OC)NCC1(CS(C)(=O)=O)CC1.I. The highest BCUT2D eigenvalue weighted by Crippen LogP contribution is 2.45. The van der Waals surface area contributed by atoms with Crippen LogP contribution in [-0.4, -0.2) is 46.6 Å². The van der Waals surface area contributed by atoms with E-state index in [9.17, 15) is 8.42 Å². The summed E-state index contributed by atoms with van der Waals surface area (Å²) in [5, 5.41) is 6.51. The van der Waals surface area contributed by atoms with E-state index in [1.165, 1.54) is 6.26 Å². The zero-order valence-electron chi connectivity index (χ0n) is 16.0. The predicted octanol–water partition coefficient (Wildman–Crippen LogP) is 2.50. The molecule has 26 heavy (non-hydrogen) atoms. The van der Waals surface area contributed by atoms with E-state index in [-0.39, 0.29) is 35.1 Å². The summed E-state index contributed by atoms with van der Waals surface area (Å²) in [6, 6.07) is 6.06. The Bertz CT molecular complexity index is 731. The number of benzene rings is 1. The quantitative estimate of drug-likeness (QED) is 0.329. The Balaban J connectivity index is 0.00000338. The molecule has 2 rings (SSSR count). The summed E-state index contributed by atoms with van der Waals surface area (Å²) in [5.74, 6) is 1.76. The monoisotopic (exact) mass is 495 g/mol. The van der Waals surface area contributed by atoms with Crippen molar-refractivity contribution in [2.45, 2.75) is 33.2 Å². The largest absolute Gasteiger partial charge is 0.496 e. The molecule has 1 fully saturated rings. The first-order chi connectivity index (χ1) is 11.8. The Kier molecular flexibility index (Phi) is 8.65. The van der Waals surface area contributed by atoms with E-state index in [1.54, 1.807) is 7.11 Å². The summed E-state index contributed by atoms with van der Waals surface area (Å²) < 4.78 is 28.6. The standard InChI is InChI=1S/C18H29N3O3S.HI/c1-5-19-17(21-12-18(8-9-18)13-25(4,22)23)20-11-15-7-6-14(2)10-16(15)24-3;/h6-7,10H,5,8-9,11-13H2,1-4H3,(H2,19,20,21);1H. The third-order valence-corrected chi connectivity index (χ3v) is 5.49. The van der Waals surface area contributed by atoms with Gasteiger partial charge in [-0.2, -0.15) is 0 Å². The average molecular weight is 495 g/mol. The molecule has 0 radical (unpaired) electrons. The summed E-state index contributed by atoms with van der Waals surface area (Å²) in [6.45, 7) is 5.90. The molecule has 0 atom stereocenters. The summed E-state index contributed by atoms with van der Waals surface area (Å²) in [6.07, 6.45) is 3.19. The van der Waals surface area contributed by atoms with E-state index in [2.05, 4.69) is 15.6 Å². The summed E-state index contributed by atoms with van der Waals surface area (Å²) in [7, 11) is -1.30. The van der Waals surface area contributed by atoms with Crippen molar-refractivity contribution < 1.29 is 13.2 Å². The van der Waals surface area contributed by atoms with Crippen molar-refractivity contribution in [3.8, 4) is 5.75 Å². The molecule has 0 amide bonds. The fourth-order valence-electron chi connectivity index (χ4n) is 2.86. The van der Waals surface area contributed by atoms with Gasteiger partial charge in [-0.05, 0) is 38.3 Å². The molecule has 1 aromatic carbocycles. The van der Waals surface area contributed by atoms with Crippen LogP contribution in [0, 0.1) is 12.3 Å². The van der Waals surface area contributed by atoms with Crippen LogP contribution in [0.4, 0.5) is 0 Å². The van der Waals surface area contributed by atoms with Crippen LogP contribution in [0.25, 0.3) is 0 Å². The lowest BCUT2D eigenvalue weighted by atomic mass is 10.1. The number of halogens is 1. The van der Waals surface area contributed by atoms with Crippen molar-refractivity contribution in [1.29, 1.82) is 0 Å². The Hall–Kier alpha value is -1.03. The van der Waals surface area contributed by atoms with Crippen LogP contribution in [0.15, 0.2) is 23.2 Å². The van der Waals surface area contributed by atoms with Crippen molar-refractivity contribution in [3.63, 3.8) is 0 Å². The van der Waals surface area contributed by atoms with Gasteiger partial charge in [0.15, 0.2) is 5.96 Å². The van der Waals surface area contributed by atoms with Crippen LogP contribution in [-0.2, 0) is 16.4 Å². The molecule has 0 aromatic heterocycles. The number of hydrogen-bond donors (Lipinski definition) is 2. The van der Waals surface area contributed by atoms with E-state index < -0.39 is 9.84 Å². The van der Waals surface area contributed by atoms with E-state index in [1.807, 2.05) is 32.0 Å². The lowest BCUT2D eigenvalue weighted by molar-refractivity contribution is 0.409. The molecule has 1 saturated carbocycles. The molecule has 0 heterocycles. The van der Waals surface area contributed by atoms with Crippen molar-refractivity contribution >= 4 is 39.8 Å². The molecule has 6 nitrogen and oxygen atoms in total. The number of aliphatic imine (C=N–C) groups is 1. The molecule has 1 aliphatic rings. The fourth-order valence-corrected chi connectivity index (χ4v) is 4.37. The Labute approximate surface area is 174 Å². The number of sulfone groups is 1. The molecule has 0 saturated heterocycles. The van der Waals surface area contributed by atoms with E-state index in [0.717, 1.165) is 36.3 Å². The molecule has 0 spiro atoms. The zero-order valence-corrected chi connectivity index (χ0v) is 19.1. The van der Waals surface area contributed by atoms with E-state index in [0.29, 0.717) is 19.0 Å². The normalized spacial score (nSPS) is 15.8. The first kappa shape index (κ1) is 23.0. The molecule has 0 bridgehead atoms. The number of ether oxygens (including phenoxy) is 1. The minimum atomic E-state index is -2.96. The Morgan fingerprint density at radius 2 is 2.00 bits per heavy atom. The molecule has 148 valence electrons.